The van der Waals surface area contributed by atoms with Crippen LogP contribution in [-0.4, -0.2) is 17.4 Å². The number of benzene rings is 3. The summed E-state index contributed by atoms with van der Waals surface area (Å²) in [6.07, 6.45) is 0.684. The van der Waals surface area contributed by atoms with E-state index in [4.69, 9.17) is 5.10 Å². The molecule has 1 fully saturated rings. The van der Waals surface area contributed by atoms with Crippen molar-refractivity contribution in [1.82, 2.24) is 0 Å². The molecule has 0 saturated heterocycles. The van der Waals surface area contributed by atoms with Crippen LogP contribution < -0.4 is 5.01 Å². The Balaban J connectivity index is 1.72. The molecular weight excluding hydrogens is 384 g/mol. The minimum absolute atomic E-state index is 0.0496. The standard InChI is InChI=1S/C27H24N2O2/c1-19-27(26(31)29(28-19)22-15-9-4-10-16-22)24(20-11-5-2-6-12-20)17-23(30)18-25(27)21-13-7-3-8-14-21/h2-16,24-25H,17-18H2,1H3/t24-,25-/m1/s1. The van der Waals surface area contributed by atoms with E-state index in [-0.39, 0.29) is 23.5 Å². The SMILES string of the molecule is CC1=NN(c2ccccc2)C(=O)C12[C@@H](c1ccccc1)CC(=O)C[C@@H]2c1ccccc1. The van der Waals surface area contributed by atoms with E-state index in [1.807, 2.05) is 97.9 Å². The molecule has 1 aliphatic carbocycles. The van der Waals surface area contributed by atoms with E-state index in [0.29, 0.717) is 12.8 Å². The molecule has 4 nitrogen and oxygen atoms in total. The first-order valence-corrected chi connectivity index (χ1v) is 10.7. The van der Waals surface area contributed by atoms with Crippen molar-refractivity contribution in [3.63, 3.8) is 0 Å². The van der Waals surface area contributed by atoms with Gasteiger partial charge in [0.05, 0.1) is 11.4 Å². The van der Waals surface area contributed by atoms with Gasteiger partial charge in [-0.05, 0) is 30.2 Å². The lowest BCUT2D eigenvalue weighted by atomic mass is 9.54. The van der Waals surface area contributed by atoms with E-state index in [2.05, 4.69) is 0 Å². The van der Waals surface area contributed by atoms with Gasteiger partial charge in [0.1, 0.15) is 11.2 Å². The molecule has 154 valence electrons. The first-order valence-electron chi connectivity index (χ1n) is 10.7. The van der Waals surface area contributed by atoms with Crippen molar-refractivity contribution in [2.45, 2.75) is 31.6 Å². The number of para-hydroxylation sites is 1. The molecule has 2 aliphatic rings. The molecule has 0 bridgehead atoms. The first kappa shape index (κ1) is 19.4. The second-order valence-corrected chi connectivity index (χ2v) is 8.38. The number of anilines is 1. The molecule has 2 atom stereocenters. The van der Waals surface area contributed by atoms with Gasteiger partial charge < -0.3 is 0 Å². The number of rotatable bonds is 3. The van der Waals surface area contributed by atoms with Crippen LogP contribution in [0.15, 0.2) is 96.1 Å². The zero-order valence-electron chi connectivity index (χ0n) is 17.4. The van der Waals surface area contributed by atoms with Gasteiger partial charge in [-0.3, -0.25) is 9.59 Å². The van der Waals surface area contributed by atoms with E-state index in [1.54, 1.807) is 0 Å². The third kappa shape index (κ3) is 3.02. The second-order valence-electron chi connectivity index (χ2n) is 8.38. The Morgan fingerprint density at radius 2 is 1.19 bits per heavy atom. The molecule has 1 spiro atoms. The molecule has 3 aromatic rings. The number of hydrazone groups is 1. The average Bonchev–Trinajstić information content (AvgIpc) is 3.08. The monoisotopic (exact) mass is 408 g/mol. The van der Waals surface area contributed by atoms with Crippen LogP contribution in [0.3, 0.4) is 0 Å². The van der Waals surface area contributed by atoms with Gasteiger partial charge >= 0.3 is 0 Å². The fraction of sp³-hybridized carbons (Fsp3) is 0.222. The highest BCUT2D eigenvalue weighted by Crippen LogP contribution is 2.58. The van der Waals surface area contributed by atoms with E-state index in [9.17, 15) is 9.59 Å². The third-order valence-corrected chi connectivity index (χ3v) is 6.76. The zero-order valence-corrected chi connectivity index (χ0v) is 17.4. The summed E-state index contributed by atoms with van der Waals surface area (Å²) < 4.78 is 0. The maximum absolute atomic E-state index is 14.3. The predicted octanol–water partition coefficient (Wildman–Crippen LogP) is 5.33. The summed E-state index contributed by atoms with van der Waals surface area (Å²) in [4.78, 5) is 27.2. The molecule has 0 aromatic heterocycles. The lowest BCUT2D eigenvalue weighted by Gasteiger charge is -2.45. The van der Waals surface area contributed by atoms with Gasteiger partial charge in [-0.1, -0.05) is 78.9 Å². The Hall–Kier alpha value is -3.53. The Bertz CT molecular complexity index is 1090. The van der Waals surface area contributed by atoms with Crippen LogP contribution in [-0.2, 0) is 9.59 Å². The quantitative estimate of drug-likeness (QED) is 0.588. The molecule has 0 unspecified atom stereocenters. The molecule has 0 radical (unpaired) electrons. The zero-order chi connectivity index (χ0) is 21.4. The van der Waals surface area contributed by atoms with Crippen LogP contribution in [0.2, 0.25) is 0 Å². The maximum atomic E-state index is 14.3. The summed E-state index contributed by atoms with van der Waals surface area (Å²) in [7, 11) is 0. The molecule has 1 amide bonds. The Morgan fingerprint density at radius 3 is 1.68 bits per heavy atom. The van der Waals surface area contributed by atoms with Gasteiger partial charge in [-0.25, -0.2) is 0 Å². The summed E-state index contributed by atoms with van der Waals surface area (Å²) in [6.45, 7) is 1.95. The van der Waals surface area contributed by atoms with Crippen molar-refractivity contribution in [3.05, 3.63) is 102 Å². The smallest absolute Gasteiger partial charge is 0.260 e. The highest BCUT2D eigenvalue weighted by molar-refractivity contribution is 6.21. The predicted molar refractivity (Wildman–Crippen MR) is 122 cm³/mol. The molecule has 4 heteroatoms. The first-order chi connectivity index (χ1) is 15.1. The summed E-state index contributed by atoms with van der Waals surface area (Å²) >= 11 is 0. The number of nitrogens with zero attached hydrogens (tertiary/aromatic N) is 2. The van der Waals surface area contributed by atoms with Gasteiger partial charge in [0.15, 0.2) is 0 Å². The minimum Gasteiger partial charge on any atom is -0.300 e. The lowest BCUT2D eigenvalue weighted by Crippen LogP contribution is -2.52. The highest BCUT2D eigenvalue weighted by Gasteiger charge is 2.62. The van der Waals surface area contributed by atoms with Gasteiger partial charge in [0, 0.05) is 24.7 Å². The van der Waals surface area contributed by atoms with E-state index < -0.39 is 5.41 Å². The molecule has 1 saturated carbocycles. The molecule has 3 aromatic carbocycles. The second kappa shape index (κ2) is 7.62. The number of hydrogen-bond acceptors (Lipinski definition) is 3. The van der Waals surface area contributed by atoms with Crippen molar-refractivity contribution >= 4 is 23.1 Å². The van der Waals surface area contributed by atoms with Crippen LogP contribution in [0.5, 0.6) is 0 Å². The molecule has 31 heavy (non-hydrogen) atoms. The van der Waals surface area contributed by atoms with E-state index in [1.165, 1.54) is 5.01 Å². The fourth-order valence-electron chi connectivity index (χ4n) is 5.39. The van der Waals surface area contributed by atoms with E-state index in [0.717, 1.165) is 22.5 Å². The number of amides is 1. The molecule has 0 N–H and O–H groups in total. The summed E-state index contributed by atoms with van der Waals surface area (Å²) in [5.41, 5.74) is 2.64. The summed E-state index contributed by atoms with van der Waals surface area (Å²) in [5, 5.41) is 6.32. The van der Waals surface area contributed by atoms with Crippen molar-refractivity contribution in [3.8, 4) is 0 Å². The van der Waals surface area contributed by atoms with Gasteiger partial charge in [0.25, 0.3) is 5.91 Å². The number of carbonyl (C=O) groups excluding carboxylic acids is 2. The van der Waals surface area contributed by atoms with Crippen LogP contribution in [0.1, 0.15) is 42.7 Å². The third-order valence-electron chi connectivity index (χ3n) is 6.76. The number of Topliss-reactive ketones (excluding diaryl/α,β-unsaturated/α-hetero) is 1. The molecule has 5 rings (SSSR count). The molecule has 1 aliphatic heterocycles. The molecular formula is C27H24N2O2. The fourth-order valence-corrected chi connectivity index (χ4v) is 5.39. The van der Waals surface area contributed by atoms with Crippen molar-refractivity contribution in [2.24, 2.45) is 10.5 Å². The number of carbonyl (C=O) groups is 2. The Labute approximate surface area is 182 Å². The molecule has 1 heterocycles. The number of hydrogen-bond donors (Lipinski definition) is 0. The Kier molecular flexibility index (Phi) is 4.78. The topological polar surface area (TPSA) is 49.7 Å². The number of ketones is 1. The highest BCUT2D eigenvalue weighted by atomic mass is 16.2. The van der Waals surface area contributed by atoms with Gasteiger partial charge in [-0.15, -0.1) is 0 Å². The van der Waals surface area contributed by atoms with E-state index >= 15 is 0 Å². The van der Waals surface area contributed by atoms with Crippen molar-refractivity contribution in [1.29, 1.82) is 0 Å². The maximum Gasteiger partial charge on any atom is 0.260 e. The van der Waals surface area contributed by atoms with Crippen LogP contribution in [0, 0.1) is 5.41 Å². The van der Waals surface area contributed by atoms with Crippen molar-refractivity contribution < 1.29 is 9.59 Å². The lowest BCUT2D eigenvalue weighted by molar-refractivity contribution is -0.131. The van der Waals surface area contributed by atoms with Gasteiger partial charge in [0.2, 0.25) is 0 Å². The summed E-state index contributed by atoms with van der Waals surface area (Å²) in [5.74, 6) is -0.381. The Morgan fingerprint density at radius 1 is 0.742 bits per heavy atom. The normalized spacial score (nSPS) is 22.6. The van der Waals surface area contributed by atoms with Crippen LogP contribution >= 0.6 is 0 Å². The van der Waals surface area contributed by atoms with Crippen LogP contribution in [0.4, 0.5) is 5.69 Å². The average molecular weight is 409 g/mol. The summed E-state index contributed by atoms with van der Waals surface area (Å²) in [6, 6.07) is 29.5. The van der Waals surface area contributed by atoms with Crippen molar-refractivity contribution in [2.75, 3.05) is 5.01 Å². The minimum atomic E-state index is -0.896. The van der Waals surface area contributed by atoms with Gasteiger partial charge in [-0.2, -0.15) is 10.1 Å². The largest absolute Gasteiger partial charge is 0.300 e. The van der Waals surface area contributed by atoms with Crippen LogP contribution in [0.25, 0.3) is 0 Å².